The summed E-state index contributed by atoms with van der Waals surface area (Å²) in [6, 6.07) is 1.28. The van der Waals surface area contributed by atoms with Crippen molar-refractivity contribution >= 4 is 5.97 Å². The summed E-state index contributed by atoms with van der Waals surface area (Å²) < 4.78 is 5.87. The zero-order chi connectivity index (χ0) is 18.6. The van der Waals surface area contributed by atoms with E-state index in [0.29, 0.717) is 11.4 Å². The van der Waals surface area contributed by atoms with Gasteiger partial charge in [-0.1, -0.05) is 26.7 Å². The predicted molar refractivity (Wildman–Crippen MR) is 96.0 cm³/mol. The van der Waals surface area contributed by atoms with Crippen LogP contribution >= 0.6 is 0 Å². The second-order valence-electron chi connectivity index (χ2n) is 7.26. The lowest BCUT2D eigenvalue weighted by atomic mass is 9.86. The van der Waals surface area contributed by atoms with E-state index in [9.17, 15) is 15.0 Å². The number of hydrogen-bond donors (Lipinski definition) is 2. The number of carbonyl (C=O) groups is 1. The molecule has 0 spiro atoms. The maximum atomic E-state index is 11.4. The van der Waals surface area contributed by atoms with Crippen molar-refractivity contribution in [2.75, 3.05) is 13.1 Å². The zero-order valence-corrected chi connectivity index (χ0v) is 15.7. The Balaban J connectivity index is 2.47. The fraction of sp³-hybridized carbons (Fsp3) is 0.684. The van der Waals surface area contributed by atoms with E-state index in [0.717, 1.165) is 38.8 Å². The number of nitrogens with zero attached hydrogens (tertiary/aromatic N) is 2. The Labute approximate surface area is 149 Å². The van der Waals surface area contributed by atoms with Gasteiger partial charge in [0.05, 0.1) is 11.6 Å². The first-order chi connectivity index (χ1) is 11.8. The number of aromatic nitrogens is 1. The number of fused-ring (bicyclic) bond motifs is 1. The minimum absolute atomic E-state index is 0.116. The van der Waals surface area contributed by atoms with Gasteiger partial charge in [-0.05, 0) is 45.8 Å². The van der Waals surface area contributed by atoms with E-state index in [1.807, 2.05) is 13.8 Å². The van der Waals surface area contributed by atoms with Gasteiger partial charge in [0.15, 0.2) is 0 Å². The Kier molecular flexibility index (Phi) is 6.41. The van der Waals surface area contributed by atoms with Gasteiger partial charge in [0.25, 0.3) is 0 Å². The van der Waals surface area contributed by atoms with E-state index in [-0.39, 0.29) is 11.6 Å². The normalized spacial score (nSPS) is 21.7. The van der Waals surface area contributed by atoms with E-state index in [1.165, 1.54) is 6.20 Å². The largest absolute Gasteiger partial charge is 0.478 e. The molecule has 1 aromatic heterocycles. The molecule has 0 amide bonds. The van der Waals surface area contributed by atoms with Crippen molar-refractivity contribution < 1.29 is 19.7 Å². The molecule has 1 aliphatic heterocycles. The molecule has 0 fully saturated rings. The topological polar surface area (TPSA) is 82.9 Å². The van der Waals surface area contributed by atoms with Gasteiger partial charge in [-0.25, -0.2) is 9.78 Å². The minimum Gasteiger partial charge on any atom is -0.478 e. The molecule has 2 N–H and O–H groups in total. The average molecular weight is 350 g/mol. The maximum absolute atomic E-state index is 11.4. The molecule has 0 bridgehead atoms. The van der Waals surface area contributed by atoms with Gasteiger partial charge < -0.3 is 14.9 Å². The molecule has 0 aromatic carbocycles. The van der Waals surface area contributed by atoms with Crippen LogP contribution in [0.4, 0.5) is 0 Å². The number of ether oxygens (including phenoxy) is 1. The molecule has 6 nitrogen and oxygen atoms in total. The van der Waals surface area contributed by atoms with Crippen LogP contribution in [-0.2, 0) is 0 Å². The number of pyridine rings is 1. The fourth-order valence-corrected chi connectivity index (χ4v) is 3.25. The number of carboxylic acid groups (broad SMARTS) is 1. The Bertz CT molecular complexity index is 595. The standard InChI is InChI=1S/C19H30N2O4/c1-5-7-9-21(10-8-6-2)15-14-11-13(18(23)24)12-20-17(14)25-19(3,4)16(15)22/h11-12,15-16,22H,5-10H2,1-4H3,(H,23,24)/t15-,16+/m1/s1. The highest BCUT2D eigenvalue weighted by atomic mass is 16.5. The molecule has 2 heterocycles. The van der Waals surface area contributed by atoms with Crippen LogP contribution in [0, 0.1) is 0 Å². The van der Waals surface area contributed by atoms with Crippen LogP contribution in [0.1, 0.15) is 75.3 Å². The van der Waals surface area contributed by atoms with Crippen LogP contribution in [0.2, 0.25) is 0 Å². The first-order valence-electron chi connectivity index (χ1n) is 9.16. The lowest BCUT2D eigenvalue weighted by Crippen LogP contribution is -2.54. The molecule has 1 aromatic rings. The van der Waals surface area contributed by atoms with Crippen LogP contribution in [-0.4, -0.2) is 50.9 Å². The summed E-state index contributed by atoms with van der Waals surface area (Å²) in [4.78, 5) is 17.8. The van der Waals surface area contributed by atoms with Gasteiger partial charge in [0.1, 0.15) is 11.7 Å². The smallest absolute Gasteiger partial charge is 0.337 e. The van der Waals surface area contributed by atoms with Crippen molar-refractivity contribution in [3.63, 3.8) is 0 Å². The van der Waals surface area contributed by atoms with Crippen molar-refractivity contribution in [2.45, 2.75) is 71.1 Å². The van der Waals surface area contributed by atoms with E-state index >= 15 is 0 Å². The Morgan fingerprint density at radius 2 is 1.88 bits per heavy atom. The molecular formula is C19H30N2O4. The van der Waals surface area contributed by atoms with E-state index < -0.39 is 17.7 Å². The summed E-state index contributed by atoms with van der Waals surface area (Å²) >= 11 is 0. The van der Waals surface area contributed by atoms with Crippen LogP contribution in [0.5, 0.6) is 5.88 Å². The van der Waals surface area contributed by atoms with Crippen molar-refractivity contribution in [1.82, 2.24) is 9.88 Å². The number of unbranched alkanes of at least 4 members (excludes halogenated alkanes) is 2. The second kappa shape index (κ2) is 8.15. The first-order valence-corrected chi connectivity index (χ1v) is 9.16. The number of rotatable bonds is 8. The Hall–Kier alpha value is -1.66. The summed E-state index contributed by atoms with van der Waals surface area (Å²) in [6.45, 7) is 9.67. The third-order valence-corrected chi connectivity index (χ3v) is 4.81. The van der Waals surface area contributed by atoms with Gasteiger partial charge in [-0.2, -0.15) is 0 Å². The van der Waals surface area contributed by atoms with Crippen molar-refractivity contribution in [3.05, 3.63) is 23.4 Å². The van der Waals surface area contributed by atoms with E-state index in [2.05, 4.69) is 23.7 Å². The van der Waals surface area contributed by atoms with Crippen LogP contribution in [0.15, 0.2) is 12.3 Å². The van der Waals surface area contributed by atoms with Gasteiger partial charge in [-0.15, -0.1) is 0 Å². The third-order valence-electron chi connectivity index (χ3n) is 4.81. The molecule has 140 valence electrons. The fourth-order valence-electron chi connectivity index (χ4n) is 3.25. The SMILES string of the molecule is CCCCN(CCCC)[C@@H]1c2cc(C(=O)O)cnc2OC(C)(C)[C@H]1O. The van der Waals surface area contributed by atoms with Crippen molar-refractivity contribution in [2.24, 2.45) is 0 Å². The van der Waals surface area contributed by atoms with E-state index in [4.69, 9.17) is 4.74 Å². The summed E-state index contributed by atoms with van der Waals surface area (Å²) in [5, 5.41) is 20.3. The lowest BCUT2D eigenvalue weighted by Gasteiger charge is -2.46. The summed E-state index contributed by atoms with van der Waals surface area (Å²) in [5.74, 6) is -0.606. The molecule has 0 saturated heterocycles. The quantitative estimate of drug-likeness (QED) is 0.749. The molecule has 0 saturated carbocycles. The van der Waals surface area contributed by atoms with Gasteiger partial charge in [0.2, 0.25) is 5.88 Å². The molecule has 0 radical (unpaired) electrons. The summed E-state index contributed by atoms with van der Waals surface area (Å²) in [6.07, 6.45) is 4.72. The number of aromatic carboxylic acids is 1. The molecule has 2 rings (SSSR count). The molecule has 6 heteroatoms. The summed E-state index contributed by atoms with van der Waals surface area (Å²) in [5.41, 5.74) is -0.00404. The van der Waals surface area contributed by atoms with Gasteiger partial charge >= 0.3 is 5.97 Å². The molecule has 0 unspecified atom stereocenters. The maximum Gasteiger partial charge on any atom is 0.337 e. The average Bonchev–Trinajstić information content (AvgIpc) is 2.56. The monoisotopic (exact) mass is 350 g/mol. The first kappa shape index (κ1) is 19.7. The molecule has 0 aliphatic carbocycles. The minimum atomic E-state index is -1.03. The number of aliphatic hydroxyl groups excluding tert-OH is 1. The molecule has 25 heavy (non-hydrogen) atoms. The summed E-state index contributed by atoms with van der Waals surface area (Å²) in [7, 11) is 0. The number of hydrogen-bond acceptors (Lipinski definition) is 5. The van der Waals surface area contributed by atoms with Crippen LogP contribution in [0.25, 0.3) is 0 Å². The molecular weight excluding hydrogens is 320 g/mol. The third kappa shape index (κ3) is 4.30. The lowest BCUT2D eigenvalue weighted by molar-refractivity contribution is -0.0963. The van der Waals surface area contributed by atoms with E-state index in [1.54, 1.807) is 6.07 Å². The highest BCUT2D eigenvalue weighted by Crippen LogP contribution is 2.42. The predicted octanol–water partition coefficient (Wildman–Crippen LogP) is 3.26. The second-order valence-corrected chi connectivity index (χ2v) is 7.26. The Morgan fingerprint density at radius 3 is 2.40 bits per heavy atom. The number of carboxylic acids is 1. The van der Waals surface area contributed by atoms with Crippen molar-refractivity contribution in [1.29, 1.82) is 0 Å². The highest BCUT2D eigenvalue weighted by molar-refractivity contribution is 5.87. The zero-order valence-electron chi connectivity index (χ0n) is 15.7. The highest BCUT2D eigenvalue weighted by Gasteiger charge is 2.46. The molecule has 2 atom stereocenters. The van der Waals surface area contributed by atoms with Crippen molar-refractivity contribution in [3.8, 4) is 5.88 Å². The molecule has 1 aliphatic rings. The number of aliphatic hydroxyl groups is 1. The van der Waals surface area contributed by atoms with Gasteiger partial charge in [-0.3, -0.25) is 4.90 Å². The van der Waals surface area contributed by atoms with Crippen LogP contribution in [0.3, 0.4) is 0 Å². The van der Waals surface area contributed by atoms with Gasteiger partial charge in [0, 0.05) is 11.8 Å². The Morgan fingerprint density at radius 1 is 1.28 bits per heavy atom. The van der Waals surface area contributed by atoms with Crippen LogP contribution < -0.4 is 4.74 Å².